The molecule has 0 spiro atoms. The molecule has 108 valence electrons. The Morgan fingerprint density at radius 1 is 1.38 bits per heavy atom. The molecular weight excluding hydrogens is 268 g/mol. The number of aryl methyl sites for hydroxylation is 1. The number of nitrogens with zero attached hydrogens (tertiary/aromatic N) is 2. The molecular formula is C15H16N4O2. The molecule has 6 nitrogen and oxygen atoms in total. The first-order valence-corrected chi connectivity index (χ1v) is 6.62. The zero-order valence-corrected chi connectivity index (χ0v) is 11.5. The number of aliphatic hydroxyl groups is 1. The summed E-state index contributed by atoms with van der Waals surface area (Å²) in [5.74, 6) is 5.95. The van der Waals surface area contributed by atoms with Crippen LogP contribution in [0.2, 0.25) is 0 Å². The number of aromatic nitrogens is 3. The Balaban J connectivity index is 1.77. The normalized spacial score (nSPS) is 9.76. The van der Waals surface area contributed by atoms with Crippen molar-refractivity contribution in [1.29, 1.82) is 0 Å². The van der Waals surface area contributed by atoms with Gasteiger partial charge in [-0.25, -0.2) is 9.97 Å². The summed E-state index contributed by atoms with van der Waals surface area (Å²) in [5.41, 5.74) is 1.01. The van der Waals surface area contributed by atoms with E-state index in [4.69, 9.17) is 5.11 Å². The van der Waals surface area contributed by atoms with E-state index in [-0.39, 0.29) is 12.5 Å². The average molecular weight is 284 g/mol. The number of aliphatic hydroxyl groups excluding tert-OH is 1. The summed E-state index contributed by atoms with van der Waals surface area (Å²) < 4.78 is 0. The Labute approximate surface area is 122 Å². The van der Waals surface area contributed by atoms with Gasteiger partial charge in [0.15, 0.2) is 0 Å². The van der Waals surface area contributed by atoms with Crippen molar-refractivity contribution in [2.45, 2.75) is 12.8 Å². The van der Waals surface area contributed by atoms with Crippen LogP contribution in [0.3, 0.4) is 0 Å². The summed E-state index contributed by atoms with van der Waals surface area (Å²) in [4.78, 5) is 23.0. The fourth-order valence-corrected chi connectivity index (χ4v) is 1.73. The van der Waals surface area contributed by atoms with Crippen LogP contribution >= 0.6 is 0 Å². The number of H-pyrrole nitrogens is 1. The van der Waals surface area contributed by atoms with Crippen molar-refractivity contribution in [2.24, 2.45) is 0 Å². The summed E-state index contributed by atoms with van der Waals surface area (Å²) >= 11 is 0. The maximum atomic E-state index is 11.9. The number of pyridine rings is 1. The maximum Gasteiger partial charge on any atom is 0.269 e. The molecule has 0 atom stereocenters. The van der Waals surface area contributed by atoms with E-state index in [2.05, 4.69) is 32.1 Å². The zero-order chi connectivity index (χ0) is 14.9. The number of hydrogen-bond donors (Lipinski definition) is 3. The fourth-order valence-electron chi connectivity index (χ4n) is 1.73. The lowest BCUT2D eigenvalue weighted by Gasteiger charge is -2.04. The van der Waals surface area contributed by atoms with E-state index in [0.29, 0.717) is 17.8 Å². The number of imidazole rings is 1. The lowest BCUT2D eigenvalue weighted by Crippen LogP contribution is -2.25. The third-order valence-corrected chi connectivity index (χ3v) is 2.74. The van der Waals surface area contributed by atoms with Gasteiger partial charge in [0.05, 0.1) is 0 Å². The molecule has 0 aromatic carbocycles. The SMILES string of the molecule is O=C(NCCCc1ncc[nH]1)c1ccc(C#CCO)cn1. The van der Waals surface area contributed by atoms with Crippen molar-refractivity contribution in [3.63, 3.8) is 0 Å². The Bertz CT molecular complexity index is 624. The van der Waals surface area contributed by atoms with Gasteiger partial charge in [0, 0.05) is 37.1 Å². The van der Waals surface area contributed by atoms with Gasteiger partial charge in [0.1, 0.15) is 18.1 Å². The van der Waals surface area contributed by atoms with Gasteiger partial charge < -0.3 is 15.4 Å². The highest BCUT2D eigenvalue weighted by atomic mass is 16.2. The van der Waals surface area contributed by atoms with Crippen LogP contribution in [-0.4, -0.2) is 39.1 Å². The van der Waals surface area contributed by atoms with Gasteiger partial charge >= 0.3 is 0 Å². The van der Waals surface area contributed by atoms with Crippen molar-refractivity contribution >= 4 is 5.91 Å². The summed E-state index contributed by atoms with van der Waals surface area (Å²) in [7, 11) is 0. The molecule has 0 bridgehead atoms. The Morgan fingerprint density at radius 3 is 2.95 bits per heavy atom. The van der Waals surface area contributed by atoms with Crippen molar-refractivity contribution in [1.82, 2.24) is 20.3 Å². The van der Waals surface area contributed by atoms with Crippen molar-refractivity contribution in [3.8, 4) is 11.8 Å². The minimum Gasteiger partial charge on any atom is -0.384 e. The standard InChI is InChI=1S/C15H16N4O2/c20-10-2-3-12-5-6-13(19-11-12)15(21)18-7-1-4-14-16-8-9-17-14/h5-6,8-9,11,20H,1,4,7,10H2,(H,16,17)(H,18,21). The monoisotopic (exact) mass is 284 g/mol. The molecule has 21 heavy (non-hydrogen) atoms. The number of carbonyl (C=O) groups excluding carboxylic acids is 1. The van der Waals surface area contributed by atoms with E-state index in [1.807, 2.05) is 0 Å². The molecule has 0 saturated carbocycles. The second-order valence-electron chi connectivity index (χ2n) is 4.29. The second-order valence-corrected chi connectivity index (χ2v) is 4.29. The summed E-state index contributed by atoms with van der Waals surface area (Å²) in [6.45, 7) is 0.366. The van der Waals surface area contributed by atoms with Gasteiger partial charge in [-0.3, -0.25) is 4.79 Å². The molecule has 0 aliphatic rings. The second kappa shape index (κ2) is 7.82. The maximum absolute atomic E-state index is 11.9. The topological polar surface area (TPSA) is 90.9 Å². The number of amides is 1. The minimum atomic E-state index is -0.212. The molecule has 0 saturated heterocycles. The Hall–Kier alpha value is -2.65. The van der Waals surface area contributed by atoms with Crippen molar-refractivity contribution in [3.05, 3.63) is 47.8 Å². The molecule has 0 aliphatic carbocycles. The van der Waals surface area contributed by atoms with E-state index in [1.54, 1.807) is 24.5 Å². The van der Waals surface area contributed by atoms with E-state index in [0.717, 1.165) is 18.7 Å². The molecule has 0 fully saturated rings. The van der Waals surface area contributed by atoms with Crippen LogP contribution in [0.4, 0.5) is 0 Å². The van der Waals surface area contributed by atoms with Crippen molar-refractivity contribution < 1.29 is 9.90 Å². The average Bonchev–Trinajstić information content (AvgIpc) is 3.03. The third-order valence-electron chi connectivity index (χ3n) is 2.74. The molecule has 1 amide bonds. The van der Waals surface area contributed by atoms with Crippen LogP contribution in [0.15, 0.2) is 30.7 Å². The Kier molecular flexibility index (Phi) is 5.50. The van der Waals surface area contributed by atoms with Crippen LogP contribution in [0, 0.1) is 11.8 Å². The van der Waals surface area contributed by atoms with E-state index >= 15 is 0 Å². The number of nitrogens with one attached hydrogen (secondary N) is 2. The van der Waals surface area contributed by atoms with Crippen LogP contribution in [0.5, 0.6) is 0 Å². The molecule has 0 radical (unpaired) electrons. The molecule has 2 heterocycles. The highest BCUT2D eigenvalue weighted by molar-refractivity contribution is 5.92. The molecule has 0 aliphatic heterocycles. The van der Waals surface area contributed by atoms with Gasteiger partial charge in [-0.1, -0.05) is 11.8 Å². The van der Waals surface area contributed by atoms with E-state index in [9.17, 15) is 4.79 Å². The zero-order valence-electron chi connectivity index (χ0n) is 11.5. The predicted octanol–water partition coefficient (Wildman–Crippen LogP) is 0.511. The predicted molar refractivity (Wildman–Crippen MR) is 77.4 cm³/mol. The van der Waals surface area contributed by atoms with Crippen molar-refractivity contribution in [2.75, 3.05) is 13.2 Å². The molecule has 2 rings (SSSR count). The van der Waals surface area contributed by atoms with E-state index in [1.165, 1.54) is 6.20 Å². The Morgan fingerprint density at radius 2 is 2.29 bits per heavy atom. The number of carbonyl (C=O) groups is 1. The fraction of sp³-hybridized carbons (Fsp3) is 0.267. The molecule has 0 unspecified atom stereocenters. The highest BCUT2D eigenvalue weighted by Crippen LogP contribution is 1.99. The van der Waals surface area contributed by atoms with Gasteiger partial charge in [-0.05, 0) is 18.6 Å². The quantitative estimate of drug-likeness (QED) is 0.551. The van der Waals surface area contributed by atoms with Crippen LogP contribution in [0.1, 0.15) is 28.3 Å². The van der Waals surface area contributed by atoms with Gasteiger partial charge in [0.25, 0.3) is 5.91 Å². The van der Waals surface area contributed by atoms with E-state index < -0.39 is 0 Å². The molecule has 2 aromatic rings. The van der Waals surface area contributed by atoms with Gasteiger partial charge in [-0.15, -0.1) is 0 Å². The molecule has 3 N–H and O–H groups in total. The molecule has 2 aromatic heterocycles. The number of hydrogen-bond acceptors (Lipinski definition) is 4. The highest BCUT2D eigenvalue weighted by Gasteiger charge is 2.06. The first-order chi connectivity index (χ1) is 10.3. The first-order valence-electron chi connectivity index (χ1n) is 6.62. The van der Waals surface area contributed by atoms with Gasteiger partial charge in [-0.2, -0.15) is 0 Å². The van der Waals surface area contributed by atoms with Crippen LogP contribution in [0.25, 0.3) is 0 Å². The molecule has 6 heteroatoms. The van der Waals surface area contributed by atoms with Crippen LogP contribution < -0.4 is 5.32 Å². The third kappa shape index (κ3) is 4.75. The summed E-state index contributed by atoms with van der Waals surface area (Å²) in [5, 5.41) is 11.4. The summed E-state index contributed by atoms with van der Waals surface area (Å²) in [6.07, 6.45) is 6.59. The van der Waals surface area contributed by atoms with Crippen LogP contribution in [-0.2, 0) is 6.42 Å². The lowest BCUT2D eigenvalue weighted by atomic mass is 10.2. The minimum absolute atomic E-state index is 0.197. The lowest BCUT2D eigenvalue weighted by molar-refractivity contribution is 0.0948. The summed E-state index contributed by atoms with van der Waals surface area (Å²) in [6, 6.07) is 3.32. The smallest absolute Gasteiger partial charge is 0.269 e. The first kappa shape index (κ1) is 14.8. The largest absolute Gasteiger partial charge is 0.384 e. The number of aromatic amines is 1. The number of rotatable bonds is 5. The van der Waals surface area contributed by atoms with Gasteiger partial charge in [0.2, 0.25) is 0 Å².